The lowest BCUT2D eigenvalue weighted by molar-refractivity contribution is 0.185. The number of nitrogens with zero attached hydrogens (tertiary/aromatic N) is 1. The second-order valence-electron chi connectivity index (χ2n) is 4.07. The Morgan fingerprint density at radius 1 is 1.26 bits per heavy atom. The highest BCUT2D eigenvalue weighted by atomic mass is 79.9. The molecule has 2 aromatic rings. The number of ether oxygens (including phenoxy) is 1. The number of methoxy groups -OCH3 is 1. The molecule has 19 heavy (non-hydrogen) atoms. The molecule has 0 saturated heterocycles. The van der Waals surface area contributed by atoms with E-state index in [4.69, 9.17) is 4.74 Å². The zero-order valence-corrected chi connectivity index (χ0v) is 13.7. The highest BCUT2D eigenvalue weighted by Crippen LogP contribution is 2.21. The lowest BCUT2D eigenvalue weighted by Crippen LogP contribution is -2.03. The molecule has 0 aliphatic heterocycles. The first-order valence-corrected chi connectivity index (χ1v) is 7.39. The van der Waals surface area contributed by atoms with Crippen molar-refractivity contribution in [3.63, 3.8) is 0 Å². The molecule has 0 radical (unpaired) electrons. The number of benzene rings is 1. The fourth-order valence-corrected chi connectivity index (χ4v) is 2.82. The highest BCUT2D eigenvalue weighted by Gasteiger charge is 2.02. The highest BCUT2D eigenvalue weighted by molar-refractivity contribution is 9.11. The van der Waals surface area contributed by atoms with E-state index in [1.165, 1.54) is 0 Å². The van der Waals surface area contributed by atoms with Crippen molar-refractivity contribution in [1.29, 1.82) is 0 Å². The molecule has 2 rings (SSSR count). The Morgan fingerprint density at radius 2 is 2.11 bits per heavy atom. The van der Waals surface area contributed by atoms with E-state index >= 15 is 0 Å². The molecule has 0 saturated carbocycles. The molecule has 0 amide bonds. The van der Waals surface area contributed by atoms with Crippen LogP contribution in [0, 0.1) is 0 Å². The normalized spacial score (nSPS) is 10.5. The van der Waals surface area contributed by atoms with Crippen LogP contribution in [0.1, 0.15) is 11.3 Å². The summed E-state index contributed by atoms with van der Waals surface area (Å²) in [6.07, 6.45) is 1.79. The number of halogens is 2. The second kappa shape index (κ2) is 7.03. The number of pyridine rings is 1. The number of hydrogen-bond acceptors (Lipinski definition) is 3. The number of hydrogen-bond donors (Lipinski definition) is 1. The van der Waals surface area contributed by atoms with Gasteiger partial charge in [0.05, 0.1) is 18.8 Å². The molecule has 1 aromatic heterocycles. The van der Waals surface area contributed by atoms with Crippen molar-refractivity contribution in [1.82, 2.24) is 4.98 Å². The molecule has 0 unspecified atom stereocenters. The fraction of sp³-hybridized carbons (Fsp3) is 0.214. The van der Waals surface area contributed by atoms with Gasteiger partial charge in [-0.3, -0.25) is 4.98 Å². The standard InChI is InChI=1S/C14H14Br2N2O/c1-19-9-10-3-2-4-12(5-10)17-8-14-13(16)6-11(15)7-18-14/h2-7,17H,8-9H2,1H3. The first-order chi connectivity index (χ1) is 9.19. The summed E-state index contributed by atoms with van der Waals surface area (Å²) in [6, 6.07) is 10.2. The van der Waals surface area contributed by atoms with E-state index < -0.39 is 0 Å². The van der Waals surface area contributed by atoms with Gasteiger partial charge >= 0.3 is 0 Å². The van der Waals surface area contributed by atoms with E-state index in [0.717, 1.165) is 25.9 Å². The third-order valence-electron chi connectivity index (χ3n) is 2.58. The lowest BCUT2D eigenvalue weighted by Gasteiger charge is -2.09. The second-order valence-corrected chi connectivity index (χ2v) is 5.84. The molecule has 100 valence electrons. The van der Waals surface area contributed by atoms with Crippen molar-refractivity contribution in [3.05, 3.63) is 56.7 Å². The third-order valence-corrected chi connectivity index (χ3v) is 3.70. The van der Waals surface area contributed by atoms with Gasteiger partial charge in [0.2, 0.25) is 0 Å². The Bertz CT molecular complexity index is 561. The third kappa shape index (κ3) is 4.30. The van der Waals surface area contributed by atoms with Gasteiger partial charge in [0.25, 0.3) is 0 Å². The van der Waals surface area contributed by atoms with Gasteiger partial charge in [-0.2, -0.15) is 0 Å². The Morgan fingerprint density at radius 3 is 2.84 bits per heavy atom. The van der Waals surface area contributed by atoms with Gasteiger partial charge in [0.1, 0.15) is 0 Å². The van der Waals surface area contributed by atoms with E-state index in [0.29, 0.717) is 13.2 Å². The molecule has 0 aliphatic carbocycles. The van der Waals surface area contributed by atoms with Gasteiger partial charge in [-0.05, 0) is 55.6 Å². The zero-order valence-electron chi connectivity index (χ0n) is 10.5. The molecule has 0 aliphatic rings. The van der Waals surface area contributed by atoms with Crippen LogP contribution in [0.4, 0.5) is 5.69 Å². The van der Waals surface area contributed by atoms with E-state index in [1.54, 1.807) is 13.3 Å². The summed E-state index contributed by atoms with van der Waals surface area (Å²) in [6.45, 7) is 1.29. The van der Waals surface area contributed by atoms with Crippen LogP contribution >= 0.6 is 31.9 Å². The summed E-state index contributed by atoms with van der Waals surface area (Å²) in [5.41, 5.74) is 3.18. The SMILES string of the molecule is COCc1cccc(NCc2ncc(Br)cc2Br)c1. The van der Waals surface area contributed by atoms with Gasteiger partial charge in [-0.15, -0.1) is 0 Å². The molecule has 3 nitrogen and oxygen atoms in total. The Kier molecular flexibility index (Phi) is 5.36. The molecule has 1 aromatic carbocycles. The van der Waals surface area contributed by atoms with Crippen molar-refractivity contribution in [3.8, 4) is 0 Å². The van der Waals surface area contributed by atoms with Crippen LogP contribution in [0.15, 0.2) is 45.5 Å². The van der Waals surface area contributed by atoms with E-state index in [1.807, 2.05) is 24.3 Å². The molecule has 0 atom stereocenters. The van der Waals surface area contributed by atoms with E-state index in [2.05, 4.69) is 48.2 Å². The van der Waals surface area contributed by atoms with E-state index in [9.17, 15) is 0 Å². The van der Waals surface area contributed by atoms with Gasteiger partial charge < -0.3 is 10.1 Å². The minimum Gasteiger partial charge on any atom is -0.380 e. The maximum absolute atomic E-state index is 5.13. The minimum atomic E-state index is 0.621. The molecule has 0 spiro atoms. The van der Waals surface area contributed by atoms with Crippen molar-refractivity contribution in [2.75, 3.05) is 12.4 Å². The van der Waals surface area contributed by atoms with Gasteiger partial charge in [-0.1, -0.05) is 12.1 Å². The van der Waals surface area contributed by atoms with Crippen LogP contribution in [-0.4, -0.2) is 12.1 Å². The van der Waals surface area contributed by atoms with Crippen LogP contribution in [0.2, 0.25) is 0 Å². The average molecular weight is 386 g/mol. The predicted octanol–water partition coefficient (Wildman–Crippen LogP) is 4.37. The largest absolute Gasteiger partial charge is 0.380 e. The molecule has 0 bridgehead atoms. The summed E-state index contributed by atoms with van der Waals surface area (Å²) >= 11 is 6.90. The fourth-order valence-electron chi connectivity index (χ4n) is 1.70. The number of aromatic nitrogens is 1. The van der Waals surface area contributed by atoms with E-state index in [-0.39, 0.29) is 0 Å². The van der Waals surface area contributed by atoms with Gasteiger partial charge in [0.15, 0.2) is 0 Å². The van der Waals surface area contributed by atoms with Crippen LogP contribution in [0.5, 0.6) is 0 Å². The number of rotatable bonds is 5. The van der Waals surface area contributed by atoms with Gasteiger partial charge in [-0.25, -0.2) is 0 Å². The number of anilines is 1. The lowest BCUT2D eigenvalue weighted by atomic mass is 10.2. The van der Waals surface area contributed by atoms with Crippen molar-refractivity contribution in [2.24, 2.45) is 0 Å². The van der Waals surface area contributed by atoms with Gasteiger partial charge in [0, 0.05) is 27.9 Å². The summed E-state index contributed by atoms with van der Waals surface area (Å²) in [4.78, 5) is 4.37. The maximum Gasteiger partial charge on any atom is 0.0737 e. The molecule has 1 heterocycles. The minimum absolute atomic E-state index is 0.621. The predicted molar refractivity (Wildman–Crippen MR) is 84.1 cm³/mol. The smallest absolute Gasteiger partial charge is 0.0737 e. The van der Waals surface area contributed by atoms with Crippen LogP contribution in [-0.2, 0) is 17.9 Å². The van der Waals surface area contributed by atoms with Crippen molar-refractivity contribution >= 4 is 37.5 Å². The monoisotopic (exact) mass is 384 g/mol. The quantitative estimate of drug-likeness (QED) is 0.829. The molecule has 0 fully saturated rings. The molecular formula is C14H14Br2N2O. The topological polar surface area (TPSA) is 34.1 Å². The first kappa shape index (κ1) is 14.5. The Labute approximate surface area is 129 Å². The maximum atomic E-state index is 5.13. The molecule has 5 heteroatoms. The molecule has 1 N–H and O–H groups in total. The Balaban J connectivity index is 2.03. The first-order valence-electron chi connectivity index (χ1n) is 5.80. The summed E-state index contributed by atoms with van der Waals surface area (Å²) in [7, 11) is 1.70. The van der Waals surface area contributed by atoms with Crippen molar-refractivity contribution in [2.45, 2.75) is 13.2 Å². The zero-order chi connectivity index (χ0) is 13.7. The van der Waals surface area contributed by atoms with Crippen molar-refractivity contribution < 1.29 is 4.74 Å². The average Bonchev–Trinajstić information content (AvgIpc) is 2.38. The van der Waals surface area contributed by atoms with Crippen LogP contribution < -0.4 is 5.32 Å². The Hall–Kier alpha value is -0.910. The summed E-state index contributed by atoms with van der Waals surface area (Å²) in [5, 5.41) is 3.36. The molecular weight excluding hydrogens is 372 g/mol. The van der Waals surface area contributed by atoms with Crippen LogP contribution in [0.25, 0.3) is 0 Å². The summed E-state index contributed by atoms with van der Waals surface area (Å²) < 4.78 is 7.08. The number of nitrogens with one attached hydrogen (secondary N) is 1. The van der Waals surface area contributed by atoms with Crippen LogP contribution in [0.3, 0.4) is 0 Å². The summed E-state index contributed by atoms with van der Waals surface area (Å²) in [5.74, 6) is 0.